The molecule has 29 heavy (non-hydrogen) atoms. The highest BCUT2D eigenvalue weighted by Gasteiger charge is 2.16. The average Bonchev–Trinajstić information content (AvgIpc) is 2.65. The summed E-state index contributed by atoms with van der Waals surface area (Å²) >= 11 is 0. The lowest BCUT2D eigenvalue weighted by Crippen LogP contribution is -1.99. The van der Waals surface area contributed by atoms with Gasteiger partial charge in [-0.1, -0.05) is 41.5 Å². The first kappa shape index (κ1) is 20.6. The molecule has 5 heteroatoms. The van der Waals surface area contributed by atoms with E-state index in [1.165, 1.54) is 6.07 Å². The summed E-state index contributed by atoms with van der Waals surface area (Å²) in [7, 11) is 0. The molecule has 0 aliphatic heterocycles. The summed E-state index contributed by atoms with van der Waals surface area (Å²) in [4.78, 5) is 0. The zero-order chi connectivity index (χ0) is 21.3. The fraction of sp³-hybridized carbons (Fsp3) is 0.250. The third-order valence-electron chi connectivity index (χ3n) is 5.07. The van der Waals surface area contributed by atoms with Gasteiger partial charge in [0.25, 0.3) is 0 Å². The summed E-state index contributed by atoms with van der Waals surface area (Å²) < 4.78 is 0. The second-order valence-corrected chi connectivity index (χ2v) is 7.67. The molecule has 0 heterocycles. The van der Waals surface area contributed by atoms with Gasteiger partial charge in [0.1, 0.15) is 11.5 Å². The maximum atomic E-state index is 10.9. The molecule has 152 valence electrons. The topological polar surface area (TPSA) is 101 Å². The van der Waals surface area contributed by atoms with Gasteiger partial charge in [-0.05, 0) is 49.1 Å². The van der Waals surface area contributed by atoms with E-state index in [1.54, 1.807) is 12.1 Å². The molecule has 0 atom stereocenters. The Morgan fingerprint density at radius 3 is 1.31 bits per heavy atom. The van der Waals surface area contributed by atoms with E-state index in [2.05, 4.69) is 0 Å². The lowest BCUT2D eigenvalue weighted by molar-refractivity contribution is 0.275. The Kier molecular flexibility index (Phi) is 5.71. The fourth-order valence-electron chi connectivity index (χ4n) is 3.77. The van der Waals surface area contributed by atoms with Crippen LogP contribution < -0.4 is 0 Å². The Balaban J connectivity index is 2.02. The van der Waals surface area contributed by atoms with Crippen molar-refractivity contribution in [3.63, 3.8) is 0 Å². The van der Waals surface area contributed by atoms with Crippen LogP contribution in [0.2, 0.25) is 0 Å². The molecule has 3 aromatic carbocycles. The standard InChI is InChI=1S/C24H26O5/c1-13-4-16(10-18-6-14(2)8-20(12-25)23(18)28)22(27)17(5-13)11-19-7-15(3)9-21(26)24(19)29/h4-9,25-29H,10-12H2,1-3H3. The van der Waals surface area contributed by atoms with Crippen molar-refractivity contribution in [3.8, 4) is 23.0 Å². The van der Waals surface area contributed by atoms with Crippen LogP contribution in [-0.4, -0.2) is 25.5 Å². The van der Waals surface area contributed by atoms with Crippen LogP contribution in [0, 0.1) is 20.8 Å². The van der Waals surface area contributed by atoms with Crippen molar-refractivity contribution in [2.75, 3.05) is 0 Å². The van der Waals surface area contributed by atoms with Crippen LogP contribution in [0.15, 0.2) is 36.4 Å². The number of benzene rings is 3. The third-order valence-corrected chi connectivity index (χ3v) is 5.07. The van der Waals surface area contributed by atoms with Crippen LogP contribution in [0.3, 0.4) is 0 Å². The number of hydrogen-bond acceptors (Lipinski definition) is 5. The van der Waals surface area contributed by atoms with Gasteiger partial charge in [0.05, 0.1) is 6.61 Å². The molecule has 0 spiro atoms. The Morgan fingerprint density at radius 1 is 0.517 bits per heavy atom. The van der Waals surface area contributed by atoms with Gasteiger partial charge in [-0.3, -0.25) is 0 Å². The first-order valence-electron chi connectivity index (χ1n) is 9.44. The first-order valence-corrected chi connectivity index (χ1v) is 9.44. The molecule has 0 aromatic heterocycles. The van der Waals surface area contributed by atoms with Crippen LogP contribution >= 0.6 is 0 Å². The van der Waals surface area contributed by atoms with Crippen LogP contribution in [0.25, 0.3) is 0 Å². The predicted octanol–water partition coefficient (Wildman–Crippen LogP) is 4.11. The van der Waals surface area contributed by atoms with E-state index < -0.39 is 0 Å². The molecule has 5 N–H and O–H groups in total. The lowest BCUT2D eigenvalue weighted by atomic mass is 9.93. The van der Waals surface area contributed by atoms with Gasteiger partial charge in [0.15, 0.2) is 11.5 Å². The molecule has 5 nitrogen and oxygen atoms in total. The van der Waals surface area contributed by atoms with Crippen LogP contribution in [-0.2, 0) is 19.4 Å². The van der Waals surface area contributed by atoms with Crippen molar-refractivity contribution < 1.29 is 25.5 Å². The maximum Gasteiger partial charge on any atom is 0.161 e. The fourth-order valence-corrected chi connectivity index (χ4v) is 3.77. The number of aliphatic hydroxyl groups is 1. The van der Waals surface area contributed by atoms with Gasteiger partial charge in [0.2, 0.25) is 0 Å². The quantitative estimate of drug-likeness (QED) is 0.419. The molecule has 0 aliphatic carbocycles. The maximum absolute atomic E-state index is 10.9. The van der Waals surface area contributed by atoms with Gasteiger partial charge < -0.3 is 25.5 Å². The largest absolute Gasteiger partial charge is 0.507 e. The van der Waals surface area contributed by atoms with Gasteiger partial charge in [-0.25, -0.2) is 0 Å². The Labute approximate surface area is 170 Å². The first-order chi connectivity index (χ1) is 13.7. The van der Waals surface area contributed by atoms with Crippen LogP contribution in [0.4, 0.5) is 0 Å². The van der Waals surface area contributed by atoms with Gasteiger partial charge in [-0.15, -0.1) is 0 Å². The second kappa shape index (κ2) is 8.05. The number of aromatic hydroxyl groups is 4. The molecule has 0 bridgehead atoms. The van der Waals surface area contributed by atoms with Gasteiger partial charge >= 0.3 is 0 Å². The summed E-state index contributed by atoms with van der Waals surface area (Å²) in [6.45, 7) is 5.36. The zero-order valence-corrected chi connectivity index (χ0v) is 16.8. The molecule has 0 amide bonds. The van der Waals surface area contributed by atoms with E-state index >= 15 is 0 Å². The summed E-state index contributed by atoms with van der Waals surface area (Å²) in [5.41, 5.74) is 5.51. The van der Waals surface area contributed by atoms with E-state index in [0.717, 1.165) is 16.7 Å². The number of aliphatic hydroxyl groups excluding tert-OH is 1. The molecule has 0 radical (unpaired) electrons. The van der Waals surface area contributed by atoms with Gasteiger partial charge in [0, 0.05) is 24.0 Å². The summed E-state index contributed by atoms with van der Waals surface area (Å²) in [5.74, 6) is -0.264. The number of phenols is 4. The molecule has 3 aromatic rings. The van der Waals surface area contributed by atoms with Crippen molar-refractivity contribution in [1.82, 2.24) is 0 Å². The minimum absolute atomic E-state index is 0.0295. The number of aryl methyl sites for hydroxylation is 3. The summed E-state index contributed by atoms with van der Waals surface area (Å²) in [6.07, 6.45) is 0.551. The summed E-state index contributed by atoms with van der Waals surface area (Å²) in [6, 6.07) is 10.5. The second-order valence-electron chi connectivity index (χ2n) is 7.67. The molecule has 0 fully saturated rings. The van der Waals surface area contributed by atoms with E-state index in [-0.39, 0.29) is 36.0 Å². The van der Waals surface area contributed by atoms with E-state index in [9.17, 15) is 25.5 Å². The van der Waals surface area contributed by atoms with Crippen molar-refractivity contribution in [3.05, 3.63) is 80.9 Å². The van der Waals surface area contributed by atoms with Crippen molar-refractivity contribution in [2.24, 2.45) is 0 Å². The van der Waals surface area contributed by atoms with Gasteiger partial charge in [-0.2, -0.15) is 0 Å². The van der Waals surface area contributed by atoms with Crippen molar-refractivity contribution in [1.29, 1.82) is 0 Å². The molecule has 0 saturated carbocycles. The number of phenolic OH excluding ortho intramolecular Hbond substituents is 3. The van der Waals surface area contributed by atoms with Crippen molar-refractivity contribution >= 4 is 0 Å². The highest BCUT2D eigenvalue weighted by atomic mass is 16.3. The monoisotopic (exact) mass is 394 g/mol. The normalized spacial score (nSPS) is 11.0. The Bertz CT molecular complexity index is 1070. The molecular weight excluding hydrogens is 368 g/mol. The summed E-state index contributed by atoms with van der Waals surface area (Å²) in [5, 5.41) is 50.8. The molecular formula is C24H26O5. The van der Waals surface area contributed by atoms with Crippen molar-refractivity contribution in [2.45, 2.75) is 40.2 Å². The molecule has 3 rings (SSSR count). The Morgan fingerprint density at radius 2 is 0.862 bits per heavy atom. The predicted molar refractivity (Wildman–Crippen MR) is 112 cm³/mol. The molecule has 0 aliphatic rings. The molecule has 0 unspecified atom stereocenters. The number of rotatable bonds is 5. The SMILES string of the molecule is Cc1cc(O)c(O)c(Cc2cc(C)cc(Cc3cc(C)cc(CO)c3O)c2O)c1. The lowest BCUT2D eigenvalue weighted by Gasteiger charge is -2.15. The highest BCUT2D eigenvalue weighted by molar-refractivity contribution is 5.54. The third kappa shape index (κ3) is 4.30. The van der Waals surface area contributed by atoms with E-state index in [1.807, 2.05) is 39.0 Å². The van der Waals surface area contributed by atoms with E-state index in [4.69, 9.17) is 0 Å². The Hall–Kier alpha value is -3.18. The number of hydrogen-bond donors (Lipinski definition) is 5. The highest BCUT2D eigenvalue weighted by Crippen LogP contribution is 2.36. The zero-order valence-electron chi connectivity index (χ0n) is 16.8. The van der Waals surface area contributed by atoms with E-state index in [0.29, 0.717) is 34.2 Å². The molecule has 0 saturated heterocycles. The average molecular weight is 394 g/mol. The minimum atomic E-state index is -0.262. The minimum Gasteiger partial charge on any atom is -0.507 e. The van der Waals surface area contributed by atoms with Crippen LogP contribution in [0.5, 0.6) is 23.0 Å². The smallest absolute Gasteiger partial charge is 0.161 e. The van der Waals surface area contributed by atoms with Crippen LogP contribution in [0.1, 0.15) is 44.5 Å².